The first-order valence-corrected chi connectivity index (χ1v) is 10.5. The zero-order valence-electron chi connectivity index (χ0n) is 16.4. The molecule has 0 spiro atoms. The number of nitrogens with zero attached hydrogens (tertiary/aromatic N) is 3. The van der Waals surface area contributed by atoms with E-state index in [1.807, 2.05) is 35.2 Å². The number of thiazole rings is 1. The number of hydrogen-bond donors (Lipinski definition) is 0. The van der Waals surface area contributed by atoms with Crippen LogP contribution in [0.15, 0.2) is 42.5 Å². The Labute approximate surface area is 169 Å². The third-order valence-electron chi connectivity index (χ3n) is 5.23. The topological polar surface area (TPSA) is 45.7 Å². The van der Waals surface area contributed by atoms with E-state index in [1.165, 1.54) is 11.1 Å². The van der Waals surface area contributed by atoms with Gasteiger partial charge >= 0.3 is 0 Å². The van der Waals surface area contributed by atoms with Crippen LogP contribution in [0.5, 0.6) is 0 Å². The van der Waals surface area contributed by atoms with Gasteiger partial charge in [-0.3, -0.25) is 14.6 Å². The van der Waals surface area contributed by atoms with Crippen LogP contribution in [0.4, 0.5) is 5.13 Å². The molecular weight excluding hydrogens is 370 g/mol. The van der Waals surface area contributed by atoms with Crippen molar-refractivity contribution in [3.63, 3.8) is 0 Å². The van der Waals surface area contributed by atoms with Crippen LogP contribution in [0, 0.1) is 13.8 Å². The molecule has 1 aliphatic rings. The molecule has 0 saturated carbocycles. The summed E-state index contributed by atoms with van der Waals surface area (Å²) in [6.45, 7) is 8.97. The van der Waals surface area contributed by atoms with Crippen LogP contribution >= 0.6 is 11.3 Å². The van der Waals surface area contributed by atoms with Crippen LogP contribution in [0.2, 0.25) is 0 Å². The Morgan fingerprint density at radius 3 is 2.61 bits per heavy atom. The average molecular weight is 396 g/mol. The number of aromatic nitrogens is 1. The third kappa shape index (κ3) is 4.09. The lowest BCUT2D eigenvalue weighted by atomic mass is 10.1. The second kappa shape index (κ2) is 8.39. The Kier molecular flexibility index (Phi) is 5.71. The van der Waals surface area contributed by atoms with Crippen molar-refractivity contribution in [2.24, 2.45) is 0 Å². The highest BCUT2D eigenvalue weighted by molar-refractivity contribution is 7.22. The maximum Gasteiger partial charge on any atom is 0.260 e. The fourth-order valence-electron chi connectivity index (χ4n) is 3.37. The van der Waals surface area contributed by atoms with Gasteiger partial charge in [-0.25, -0.2) is 4.98 Å². The molecule has 1 saturated heterocycles. The van der Waals surface area contributed by atoms with E-state index in [1.54, 1.807) is 11.3 Å². The second-order valence-corrected chi connectivity index (χ2v) is 8.19. The lowest BCUT2D eigenvalue weighted by molar-refractivity contribution is 0.0391. The van der Waals surface area contributed by atoms with Gasteiger partial charge in [0.1, 0.15) is 0 Å². The minimum atomic E-state index is 0.00126. The molecule has 0 bridgehead atoms. The normalized spacial score (nSPS) is 15.1. The van der Waals surface area contributed by atoms with Gasteiger partial charge in [0.25, 0.3) is 5.91 Å². The number of carbonyl (C=O) groups is 1. The summed E-state index contributed by atoms with van der Waals surface area (Å²) in [5.41, 5.74) is 4.12. The zero-order valence-corrected chi connectivity index (χ0v) is 17.2. The monoisotopic (exact) mass is 395 g/mol. The average Bonchev–Trinajstić information content (AvgIpc) is 3.12. The van der Waals surface area contributed by atoms with E-state index in [0.29, 0.717) is 12.1 Å². The maximum atomic E-state index is 13.3. The number of carbonyl (C=O) groups excluding carboxylic acids is 1. The molecule has 1 fully saturated rings. The highest BCUT2D eigenvalue weighted by Crippen LogP contribution is 2.31. The first-order valence-electron chi connectivity index (χ1n) is 9.66. The van der Waals surface area contributed by atoms with Crippen LogP contribution in [-0.4, -0.2) is 55.2 Å². The standard InChI is InChI=1S/C22H25N3O2S/c1-16-14-19-20(15-17(16)2)28-22(23-19)25(9-8-24-10-12-27-13-11-24)21(26)18-6-4-3-5-7-18/h3-7,14-15H,8-13H2,1-2H3. The zero-order chi connectivity index (χ0) is 19.5. The van der Waals surface area contributed by atoms with E-state index < -0.39 is 0 Å². The lowest BCUT2D eigenvalue weighted by Crippen LogP contribution is -2.43. The van der Waals surface area contributed by atoms with Gasteiger partial charge in [-0.1, -0.05) is 29.5 Å². The molecule has 0 atom stereocenters. The Morgan fingerprint density at radius 2 is 1.86 bits per heavy atom. The largest absolute Gasteiger partial charge is 0.379 e. The number of morpholine rings is 1. The fraction of sp³-hybridized carbons (Fsp3) is 0.364. The van der Waals surface area contributed by atoms with Gasteiger partial charge in [0, 0.05) is 31.7 Å². The molecule has 3 aromatic rings. The molecule has 5 nitrogen and oxygen atoms in total. The number of hydrogen-bond acceptors (Lipinski definition) is 5. The smallest absolute Gasteiger partial charge is 0.260 e. The third-order valence-corrected chi connectivity index (χ3v) is 6.27. The van der Waals surface area contributed by atoms with Crippen molar-refractivity contribution >= 4 is 32.6 Å². The first-order chi connectivity index (χ1) is 13.6. The molecule has 0 aliphatic carbocycles. The van der Waals surface area contributed by atoms with Gasteiger partial charge in [-0.05, 0) is 49.2 Å². The quantitative estimate of drug-likeness (QED) is 0.657. The molecule has 1 amide bonds. The van der Waals surface area contributed by atoms with Gasteiger partial charge in [0.2, 0.25) is 0 Å². The van der Waals surface area contributed by atoms with Crippen LogP contribution < -0.4 is 4.90 Å². The Morgan fingerprint density at radius 1 is 1.14 bits per heavy atom. The number of amides is 1. The summed E-state index contributed by atoms with van der Waals surface area (Å²) in [7, 11) is 0. The summed E-state index contributed by atoms with van der Waals surface area (Å²) in [5, 5.41) is 0.766. The highest BCUT2D eigenvalue weighted by Gasteiger charge is 2.22. The van der Waals surface area contributed by atoms with Crippen LogP contribution in [0.25, 0.3) is 10.2 Å². The molecule has 0 radical (unpaired) electrons. The molecule has 2 heterocycles. The molecule has 0 N–H and O–H groups in total. The van der Waals surface area contributed by atoms with Crippen molar-refractivity contribution < 1.29 is 9.53 Å². The van der Waals surface area contributed by atoms with E-state index >= 15 is 0 Å². The predicted octanol–water partition coefficient (Wildman–Crippen LogP) is 3.89. The molecule has 28 heavy (non-hydrogen) atoms. The number of ether oxygens (including phenoxy) is 1. The van der Waals surface area contributed by atoms with Gasteiger partial charge in [0.05, 0.1) is 23.4 Å². The van der Waals surface area contributed by atoms with Crippen molar-refractivity contribution in [3.05, 3.63) is 59.2 Å². The number of rotatable bonds is 5. The van der Waals surface area contributed by atoms with Gasteiger partial charge in [0.15, 0.2) is 5.13 Å². The highest BCUT2D eigenvalue weighted by atomic mass is 32.1. The second-order valence-electron chi connectivity index (χ2n) is 7.18. The van der Waals surface area contributed by atoms with E-state index in [-0.39, 0.29) is 5.91 Å². The summed E-state index contributed by atoms with van der Waals surface area (Å²) >= 11 is 1.59. The predicted molar refractivity (Wildman–Crippen MR) is 114 cm³/mol. The molecular formula is C22H25N3O2S. The summed E-state index contributed by atoms with van der Waals surface area (Å²) in [4.78, 5) is 22.3. The van der Waals surface area contributed by atoms with Gasteiger partial charge in [-0.2, -0.15) is 0 Å². The summed E-state index contributed by atoms with van der Waals surface area (Å²) in [6.07, 6.45) is 0. The van der Waals surface area contributed by atoms with Crippen molar-refractivity contribution in [3.8, 4) is 0 Å². The number of benzene rings is 2. The van der Waals surface area contributed by atoms with Gasteiger partial charge in [-0.15, -0.1) is 0 Å². The molecule has 0 unspecified atom stereocenters. The molecule has 1 aromatic heterocycles. The molecule has 1 aliphatic heterocycles. The van der Waals surface area contributed by atoms with E-state index in [4.69, 9.17) is 9.72 Å². The molecule has 6 heteroatoms. The minimum absolute atomic E-state index is 0.00126. The van der Waals surface area contributed by atoms with Crippen molar-refractivity contribution in [1.29, 1.82) is 0 Å². The van der Waals surface area contributed by atoms with E-state index in [9.17, 15) is 4.79 Å². The molecule has 2 aromatic carbocycles. The van der Waals surface area contributed by atoms with Crippen molar-refractivity contribution in [1.82, 2.24) is 9.88 Å². The SMILES string of the molecule is Cc1cc2nc(N(CCN3CCOCC3)C(=O)c3ccccc3)sc2cc1C. The Hall–Kier alpha value is -2.28. The first kappa shape index (κ1) is 19.1. The molecule has 146 valence electrons. The summed E-state index contributed by atoms with van der Waals surface area (Å²) in [5.74, 6) is 0.00126. The number of fused-ring (bicyclic) bond motifs is 1. The lowest BCUT2D eigenvalue weighted by Gasteiger charge is -2.29. The maximum absolute atomic E-state index is 13.3. The number of aryl methyl sites for hydroxylation is 2. The van der Waals surface area contributed by atoms with E-state index in [2.05, 4.69) is 30.9 Å². The number of anilines is 1. The van der Waals surface area contributed by atoms with Gasteiger partial charge < -0.3 is 4.74 Å². The van der Waals surface area contributed by atoms with E-state index in [0.717, 1.165) is 48.2 Å². The van der Waals surface area contributed by atoms with Crippen LogP contribution in [0.3, 0.4) is 0 Å². The summed E-state index contributed by atoms with van der Waals surface area (Å²) < 4.78 is 6.56. The Bertz CT molecular complexity index is 926. The summed E-state index contributed by atoms with van der Waals surface area (Å²) in [6, 6.07) is 13.7. The van der Waals surface area contributed by atoms with Crippen LogP contribution in [0.1, 0.15) is 21.5 Å². The minimum Gasteiger partial charge on any atom is -0.379 e. The fourth-order valence-corrected chi connectivity index (χ4v) is 4.44. The van der Waals surface area contributed by atoms with Crippen LogP contribution in [-0.2, 0) is 4.74 Å². The van der Waals surface area contributed by atoms with Crippen molar-refractivity contribution in [2.45, 2.75) is 13.8 Å². The molecule has 4 rings (SSSR count). The Balaban J connectivity index is 1.64. The van der Waals surface area contributed by atoms with Crippen molar-refractivity contribution in [2.75, 3.05) is 44.3 Å².